The number of benzene rings is 2. The van der Waals surface area contributed by atoms with E-state index in [1.165, 1.54) is 12.1 Å². The van der Waals surface area contributed by atoms with Crippen LogP contribution < -0.4 is 20.1 Å². The van der Waals surface area contributed by atoms with Crippen molar-refractivity contribution in [1.29, 1.82) is 0 Å². The van der Waals surface area contributed by atoms with Crippen molar-refractivity contribution >= 4 is 29.4 Å². The molecule has 0 saturated carbocycles. The molecular formula is C20H23N2O11P. The van der Waals surface area contributed by atoms with E-state index in [2.05, 4.69) is 0 Å². The van der Waals surface area contributed by atoms with Crippen LogP contribution in [0.15, 0.2) is 36.4 Å². The fourth-order valence-electron chi connectivity index (χ4n) is 3.05. The monoisotopic (exact) mass is 498 g/mol. The molecule has 1 heterocycles. The molecule has 0 bridgehead atoms. The molecule has 0 amide bonds. The van der Waals surface area contributed by atoms with Crippen LogP contribution in [0.2, 0.25) is 0 Å². The van der Waals surface area contributed by atoms with Crippen LogP contribution in [0.1, 0.15) is 0 Å². The van der Waals surface area contributed by atoms with Crippen molar-refractivity contribution in [3.8, 4) is 11.5 Å². The molecule has 1 aliphatic heterocycles. The minimum atomic E-state index is -4.67. The highest BCUT2D eigenvalue weighted by molar-refractivity contribution is 7.73. The molecule has 13 nitrogen and oxygen atoms in total. The summed E-state index contributed by atoms with van der Waals surface area (Å²) in [5.74, 6) is -0.198. The van der Waals surface area contributed by atoms with Crippen molar-refractivity contribution in [1.82, 2.24) is 0 Å². The number of hydrogen-bond acceptors (Lipinski definition) is 10. The lowest BCUT2D eigenvalue weighted by Gasteiger charge is -2.19. The Labute approximate surface area is 193 Å². The average Bonchev–Trinajstić information content (AvgIpc) is 2.81. The number of hydrogen-bond donors (Lipinski definition) is 1. The molecule has 34 heavy (non-hydrogen) atoms. The molecule has 0 atom stereocenters. The van der Waals surface area contributed by atoms with Crippen LogP contribution in [0.3, 0.4) is 0 Å². The Bertz CT molecular complexity index is 999. The summed E-state index contributed by atoms with van der Waals surface area (Å²) in [5.41, 5.74) is -0.901. The van der Waals surface area contributed by atoms with Crippen LogP contribution in [0.4, 0.5) is 11.4 Å². The highest BCUT2D eigenvalue weighted by Crippen LogP contribution is 2.46. The van der Waals surface area contributed by atoms with Gasteiger partial charge < -0.3 is 28.6 Å². The number of non-ortho nitro benzene ring substituents is 2. The van der Waals surface area contributed by atoms with Gasteiger partial charge in [-0.05, 0) is 12.1 Å². The van der Waals surface area contributed by atoms with E-state index >= 15 is 0 Å². The lowest BCUT2D eigenvalue weighted by Crippen LogP contribution is -2.23. The molecule has 1 N–H and O–H groups in total. The maximum atomic E-state index is 13.7. The van der Waals surface area contributed by atoms with Crippen LogP contribution in [0.25, 0.3) is 0 Å². The fraction of sp³-hybridized carbons (Fsp3) is 0.400. The van der Waals surface area contributed by atoms with Gasteiger partial charge in [-0.25, -0.2) is 0 Å². The quantitative estimate of drug-likeness (QED) is 0.362. The Morgan fingerprint density at radius 3 is 1.38 bits per heavy atom. The Morgan fingerprint density at radius 1 is 0.676 bits per heavy atom. The number of nitro groups is 2. The van der Waals surface area contributed by atoms with E-state index in [9.17, 15) is 29.7 Å². The molecule has 0 aliphatic carbocycles. The van der Waals surface area contributed by atoms with Crippen molar-refractivity contribution in [3.63, 3.8) is 0 Å². The first-order valence-electron chi connectivity index (χ1n) is 10.2. The van der Waals surface area contributed by atoms with Gasteiger partial charge >= 0.3 is 0 Å². The summed E-state index contributed by atoms with van der Waals surface area (Å²) in [6, 6.07) is 6.47. The molecule has 1 aliphatic rings. The lowest BCUT2D eigenvalue weighted by atomic mass is 10.3. The van der Waals surface area contributed by atoms with Crippen molar-refractivity contribution in [2.75, 3.05) is 52.9 Å². The molecule has 14 heteroatoms. The van der Waals surface area contributed by atoms with Crippen LogP contribution in [0, 0.1) is 20.2 Å². The van der Waals surface area contributed by atoms with Gasteiger partial charge in [0.25, 0.3) is 18.7 Å². The third kappa shape index (κ3) is 6.49. The highest BCUT2D eigenvalue weighted by Gasteiger charge is 2.35. The number of rotatable bonds is 2. The maximum Gasteiger partial charge on any atom is 0.270 e. The van der Waals surface area contributed by atoms with Crippen molar-refractivity contribution in [2.24, 2.45) is 0 Å². The van der Waals surface area contributed by atoms with Gasteiger partial charge in [0.2, 0.25) is 0 Å². The zero-order chi connectivity index (χ0) is 24.6. The topological polar surface area (TPSA) is 170 Å². The number of ether oxygens (including phenoxy) is 5. The lowest BCUT2D eigenvalue weighted by molar-refractivity contribution is -0.384. The third-order valence-electron chi connectivity index (χ3n) is 4.67. The third-order valence-corrected chi connectivity index (χ3v) is 6.68. The molecule has 0 aromatic heterocycles. The second-order valence-corrected chi connectivity index (χ2v) is 9.04. The molecule has 2 aromatic carbocycles. The summed E-state index contributed by atoms with van der Waals surface area (Å²) in [6.07, 6.45) is 0. The van der Waals surface area contributed by atoms with E-state index < -0.39 is 39.2 Å². The summed E-state index contributed by atoms with van der Waals surface area (Å²) in [6.45, 7) is 1.44. The number of nitrogens with zero attached hydrogens (tertiary/aromatic N) is 2. The van der Waals surface area contributed by atoms with Crippen molar-refractivity contribution < 1.29 is 43.0 Å². The van der Waals surface area contributed by atoms with E-state index in [0.29, 0.717) is 13.2 Å². The van der Waals surface area contributed by atoms with E-state index in [1.54, 1.807) is 0 Å². The average molecular weight is 498 g/mol. The summed E-state index contributed by atoms with van der Waals surface area (Å²) in [7, 11) is -4.67. The SMILES string of the molecule is O=[N+]([O-])c1ccc2c(c1)P(=O)(O)c1cc([N+](=O)[O-])ccc1OCCOCCOCCOCCO2. The molecule has 0 unspecified atom stereocenters. The van der Waals surface area contributed by atoms with Crippen molar-refractivity contribution in [3.05, 3.63) is 56.6 Å². The maximum absolute atomic E-state index is 13.7. The van der Waals surface area contributed by atoms with Gasteiger partial charge in [-0.3, -0.25) is 24.8 Å². The highest BCUT2D eigenvalue weighted by atomic mass is 31.2. The van der Waals surface area contributed by atoms with E-state index in [-0.39, 0.29) is 51.1 Å². The Kier molecular flexibility index (Phi) is 8.91. The standard InChI is InChI=1S/C20H23N2O11P/c23-21(24)15-1-3-17-19(13-15)34(27,28)20-14-16(22(25)26)2-4-18(20)33-12-10-31-8-6-29-5-7-30-9-11-32-17/h1-4,13-14H,5-12H2,(H,27,28). The zero-order valence-corrected chi connectivity index (χ0v) is 18.9. The van der Waals surface area contributed by atoms with Gasteiger partial charge in [0.05, 0.1) is 60.1 Å². The summed E-state index contributed by atoms with van der Waals surface area (Å²) < 4.78 is 41.0. The van der Waals surface area contributed by atoms with Crippen LogP contribution >= 0.6 is 7.37 Å². The smallest absolute Gasteiger partial charge is 0.270 e. The molecule has 2 aromatic rings. The van der Waals surface area contributed by atoms with Crippen LogP contribution in [-0.2, 0) is 18.8 Å². The summed E-state index contributed by atoms with van der Waals surface area (Å²) in [4.78, 5) is 32.3. The molecule has 0 saturated heterocycles. The zero-order valence-electron chi connectivity index (χ0n) is 18.0. The minimum Gasteiger partial charge on any atom is -0.490 e. The number of fused-ring (bicyclic) bond motifs is 2. The Hall–Kier alpha value is -3.09. The van der Waals surface area contributed by atoms with Gasteiger partial charge in [0.15, 0.2) is 0 Å². The molecule has 0 fully saturated rings. The Morgan fingerprint density at radius 2 is 1.03 bits per heavy atom. The number of nitro benzene ring substituents is 2. The van der Waals surface area contributed by atoms with Gasteiger partial charge in [-0.15, -0.1) is 0 Å². The second kappa shape index (κ2) is 11.9. The van der Waals surface area contributed by atoms with E-state index in [1.807, 2.05) is 0 Å². The van der Waals surface area contributed by atoms with Gasteiger partial charge in [0.1, 0.15) is 24.7 Å². The molecule has 0 radical (unpaired) electrons. The van der Waals surface area contributed by atoms with Gasteiger partial charge in [-0.1, -0.05) is 0 Å². The van der Waals surface area contributed by atoms with Gasteiger partial charge in [0, 0.05) is 24.3 Å². The normalized spacial score (nSPS) is 17.6. The van der Waals surface area contributed by atoms with E-state index in [4.69, 9.17) is 23.7 Å². The molecular weight excluding hydrogens is 475 g/mol. The predicted octanol–water partition coefficient (Wildman–Crippen LogP) is 1.55. The molecule has 184 valence electrons. The molecule has 0 spiro atoms. The van der Waals surface area contributed by atoms with Crippen LogP contribution in [-0.4, -0.2) is 67.6 Å². The first-order valence-corrected chi connectivity index (χ1v) is 11.9. The van der Waals surface area contributed by atoms with Crippen molar-refractivity contribution in [2.45, 2.75) is 0 Å². The predicted molar refractivity (Wildman–Crippen MR) is 119 cm³/mol. The molecule has 3 rings (SSSR count). The largest absolute Gasteiger partial charge is 0.490 e. The minimum absolute atomic E-state index is 0.0216. The summed E-state index contributed by atoms with van der Waals surface area (Å²) in [5, 5.41) is 21.8. The van der Waals surface area contributed by atoms with E-state index in [0.717, 1.165) is 24.3 Å². The van der Waals surface area contributed by atoms with Gasteiger partial charge in [-0.2, -0.15) is 0 Å². The second-order valence-electron chi connectivity index (χ2n) is 6.93. The summed E-state index contributed by atoms with van der Waals surface area (Å²) >= 11 is 0. The van der Waals surface area contributed by atoms with Crippen LogP contribution in [0.5, 0.6) is 11.5 Å². The first-order chi connectivity index (χ1) is 16.3. The fourth-order valence-corrected chi connectivity index (χ4v) is 4.80. The Balaban J connectivity index is 2.06. The first kappa shape index (κ1) is 25.5.